The maximum atomic E-state index is 6.47. The number of nitrogens with one attached hydrogen (secondary N) is 1. The van der Waals surface area contributed by atoms with Gasteiger partial charge in [0, 0.05) is 25.2 Å². The lowest BCUT2D eigenvalue weighted by atomic mass is 10.0. The lowest BCUT2D eigenvalue weighted by Crippen LogP contribution is -2.57. The first-order valence-corrected chi connectivity index (χ1v) is 7.83. The van der Waals surface area contributed by atoms with Crippen molar-refractivity contribution in [3.05, 3.63) is 28.8 Å². The molecule has 2 atom stereocenters. The molecule has 0 aromatic heterocycles. The molecule has 3 heteroatoms. The molecular formula is C16H23ClN2. The van der Waals surface area contributed by atoms with Gasteiger partial charge in [-0.2, -0.15) is 0 Å². The molecule has 0 bridgehead atoms. The molecule has 1 aliphatic carbocycles. The lowest BCUT2D eigenvalue weighted by molar-refractivity contribution is 0.360. The first kappa shape index (κ1) is 13.3. The highest BCUT2D eigenvalue weighted by Crippen LogP contribution is 2.37. The van der Waals surface area contributed by atoms with Gasteiger partial charge in [0.25, 0.3) is 0 Å². The molecule has 1 saturated carbocycles. The van der Waals surface area contributed by atoms with Gasteiger partial charge in [-0.15, -0.1) is 0 Å². The standard InChI is InChI=1S/C16H23ClN2/c1-3-13-9-18-15(12-5-6-12)10-19(13)16-7-4-11(2)8-14(16)17/h4,7-8,12-13,15,18H,3,5-6,9-10H2,1-2H3. The Kier molecular flexibility index (Phi) is 3.72. The fourth-order valence-electron chi connectivity index (χ4n) is 3.14. The second-order valence-electron chi connectivity index (χ2n) is 6.02. The Bertz CT molecular complexity index is 456. The van der Waals surface area contributed by atoms with E-state index in [1.54, 1.807) is 0 Å². The van der Waals surface area contributed by atoms with Crippen LogP contribution in [0.25, 0.3) is 0 Å². The molecule has 1 N–H and O–H groups in total. The highest BCUT2D eigenvalue weighted by molar-refractivity contribution is 6.33. The summed E-state index contributed by atoms with van der Waals surface area (Å²) in [4.78, 5) is 2.53. The van der Waals surface area contributed by atoms with Crippen LogP contribution >= 0.6 is 11.6 Å². The Labute approximate surface area is 121 Å². The molecule has 1 aromatic carbocycles. The number of nitrogens with zero attached hydrogens (tertiary/aromatic N) is 1. The summed E-state index contributed by atoms with van der Waals surface area (Å²) in [5.41, 5.74) is 2.45. The summed E-state index contributed by atoms with van der Waals surface area (Å²) >= 11 is 6.47. The summed E-state index contributed by atoms with van der Waals surface area (Å²) in [7, 11) is 0. The number of anilines is 1. The van der Waals surface area contributed by atoms with Crippen LogP contribution in [-0.2, 0) is 0 Å². The zero-order valence-electron chi connectivity index (χ0n) is 11.8. The molecule has 1 aliphatic heterocycles. The highest BCUT2D eigenvalue weighted by atomic mass is 35.5. The van der Waals surface area contributed by atoms with Crippen molar-refractivity contribution in [2.45, 2.75) is 45.2 Å². The minimum atomic E-state index is 0.565. The Morgan fingerprint density at radius 3 is 2.79 bits per heavy atom. The smallest absolute Gasteiger partial charge is 0.0642 e. The molecular weight excluding hydrogens is 256 g/mol. The van der Waals surface area contributed by atoms with Gasteiger partial charge in [-0.05, 0) is 49.8 Å². The molecule has 104 valence electrons. The predicted molar refractivity (Wildman–Crippen MR) is 82.1 cm³/mol. The van der Waals surface area contributed by atoms with E-state index in [1.165, 1.54) is 24.1 Å². The predicted octanol–water partition coefficient (Wildman–Crippen LogP) is 3.62. The van der Waals surface area contributed by atoms with Crippen molar-refractivity contribution in [2.24, 2.45) is 5.92 Å². The second-order valence-corrected chi connectivity index (χ2v) is 6.43. The molecule has 2 nitrogen and oxygen atoms in total. The van der Waals surface area contributed by atoms with E-state index in [4.69, 9.17) is 11.6 Å². The van der Waals surface area contributed by atoms with Crippen molar-refractivity contribution in [1.29, 1.82) is 0 Å². The van der Waals surface area contributed by atoms with Gasteiger partial charge < -0.3 is 10.2 Å². The average molecular weight is 279 g/mol. The number of halogens is 1. The molecule has 2 aliphatic rings. The molecule has 0 spiro atoms. The number of hydrogen-bond donors (Lipinski definition) is 1. The molecule has 2 fully saturated rings. The summed E-state index contributed by atoms with van der Waals surface area (Å²) in [5, 5.41) is 4.63. The van der Waals surface area contributed by atoms with E-state index in [9.17, 15) is 0 Å². The van der Waals surface area contributed by atoms with E-state index in [-0.39, 0.29) is 0 Å². The third kappa shape index (κ3) is 2.75. The molecule has 0 radical (unpaired) electrons. The van der Waals surface area contributed by atoms with Gasteiger partial charge >= 0.3 is 0 Å². The van der Waals surface area contributed by atoms with Crippen LogP contribution in [0.4, 0.5) is 5.69 Å². The maximum Gasteiger partial charge on any atom is 0.0642 e. The molecule has 19 heavy (non-hydrogen) atoms. The van der Waals surface area contributed by atoms with Crippen LogP contribution in [0.1, 0.15) is 31.7 Å². The number of hydrogen-bond acceptors (Lipinski definition) is 2. The molecule has 2 unspecified atom stereocenters. The second kappa shape index (κ2) is 5.34. The van der Waals surface area contributed by atoms with Crippen LogP contribution in [0, 0.1) is 12.8 Å². The van der Waals surface area contributed by atoms with E-state index in [0.717, 1.165) is 30.5 Å². The number of piperazine rings is 1. The molecule has 0 amide bonds. The van der Waals surface area contributed by atoms with Gasteiger partial charge in [-0.25, -0.2) is 0 Å². The first-order valence-electron chi connectivity index (χ1n) is 7.45. The third-order valence-electron chi connectivity index (χ3n) is 4.52. The van der Waals surface area contributed by atoms with Gasteiger partial charge in [0.15, 0.2) is 0 Å². The monoisotopic (exact) mass is 278 g/mol. The molecule has 1 saturated heterocycles. The Balaban J connectivity index is 1.85. The number of aryl methyl sites for hydroxylation is 1. The minimum Gasteiger partial charge on any atom is -0.365 e. The zero-order chi connectivity index (χ0) is 13.4. The first-order chi connectivity index (χ1) is 9.19. The summed E-state index contributed by atoms with van der Waals surface area (Å²) in [6, 6.07) is 7.66. The van der Waals surface area contributed by atoms with Crippen LogP contribution in [-0.4, -0.2) is 25.2 Å². The summed E-state index contributed by atoms with van der Waals surface area (Å²) in [6.45, 7) is 6.55. The Morgan fingerprint density at radius 2 is 2.16 bits per heavy atom. The Hall–Kier alpha value is -0.730. The largest absolute Gasteiger partial charge is 0.365 e. The summed E-state index contributed by atoms with van der Waals surface area (Å²) < 4.78 is 0. The molecule has 1 heterocycles. The topological polar surface area (TPSA) is 15.3 Å². The maximum absolute atomic E-state index is 6.47. The van der Waals surface area contributed by atoms with Gasteiger partial charge in [-0.3, -0.25) is 0 Å². The van der Waals surface area contributed by atoms with E-state index in [0.29, 0.717) is 12.1 Å². The summed E-state index contributed by atoms with van der Waals surface area (Å²) in [6.07, 6.45) is 3.95. The number of benzene rings is 1. The normalized spacial score (nSPS) is 27.6. The van der Waals surface area contributed by atoms with Gasteiger partial charge in [0.2, 0.25) is 0 Å². The van der Waals surface area contributed by atoms with Crippen LogP contribution in [0.5, 0.6) is 0 Å². The van der Waals surface area contributed by atoms with Gasteiger partial charge in [-0.1, -0.05) is 24.6 Å². The van der Waals surface area contributed by atoms with Crippen LogP contribution in [0.15, 0.2) is 18.2 Å². The van der Waals surface area contributed by atoms with Gasteiger partial charge in [0.1, 0.15) is 0 Å². The van der Waals surface area contributed by atoms with Crippen molar-refractivity contribution in [1.82, 2.24) is 5.32 Å². The fourth-order valence-corrected chi connectivity index (χ4v) is 3.49. The van der Waals surface area contributed by atoms with E-state index < -0.39 is 0 Å². The van der Waals surface area contributed by atoms with Crippen LogP contribution < -0.4 is 10.2 Å². The van der Waals surface area contributed by atoms with E-state index in [1.807, 2.05) is 0 Å². The van der Waals surface area contributed by atoms with Crippen molar-refractivity contribution in [2.75, 3.05) is 18.0 Å². The summed E-state index contributed by atoms with van der Waals surface area (Å²) in [5.74, 6) is 0.893. The SMILES string of the molecule is CCC1CNC(C2CC2)CN1c1ccc(C)cc1Cl. The number of rotatable bonds is 3. The average Bonchev–Trinajstić information content (AvgIpc) is 3.22. The van der Waals surface area contributed by atoms with Crippen molar-refractivity contribution in [3.63, 3.8) is 0 Å². The quantitative estimate of drug-likeness (QED) is 0.909. The third-order valence-corrected chi connectivity index (χ3v) is 4.83. The van der Waals surface area contributed by atoms with Crippen molar-refractivity contribution >= 4 is 17.3 Å². The van der Waals surface area contributed by atoms with Crippen molar-refractivity contribution in [3.8, 4) is 0 Å². The molecule has 1 aromatic rings. The van der Waals surface area contributed by atoms with E-state index >= 15 is 0 Å². The van der Waals surface area contributed by atoms with Crippen LogP contribution in [0.3, 0.4) is 0 Å². The van der Waals surface area contributed by atoms with E-state index in [2.05, 4.69) is 42.3 Å². The Morgan fingerprint density at radius 1 is 1.37 bits per heavy atom. The highest BCUT2D eigenvalue weighted by Gasteiger charge is 2.37. The van der Waals surface area contributed by atoms with Crippen molar-refractivity contribution < 1.29 is 0 Å². The zero-order valence-corrected chi connectivity index (χ0v) is 12.6. The molecule has 3 rings (SSSR count). The van der Waals surface area contributed by atoms with Crippen LogP contribution in [0.2, 0.25) is 5.02 Å². The minimum absolute atomic E-state index is 0.565. The lowest BCUT2D eigenvalue weighted by Gasteiger charge is -2.42. The fraction of sp³-hybridized carbons (Fsp3) is 0.625. The van der Waals surface area contributed by atoms with Gasteiger partial charge in [0.05, 0.1) is 10.7 Å².